The molecule has 150 valence electrons. The van der Waals surface area contributed by atoms with E-state index in [4.69, 9.17) is 4.74 Å². The number of fused-ring (bicyclic) bond motifs is 1. The second kappa shape index (κ2) is 8.97. The topological polar surface area (TPSA) is 61.2 Å². The molecule has 0 saturated heterocycles. The van der Waals surface area contributed by atoms with E-state index >= 15 is 0 Å². The molecule has 0 unspecified atom stereocenters. The van der Waals surface area contributed by atoms with Crippen molar-refractivity contribution in [2.45, 2.75) is 17.5 Å². The zero-order valence-corrected chi connectivity index (χ0v) is 17.3. The summed E-state index contributed by atoms with van der Waals surface area (Å²) in [6.45, 7) is 0.538. The van der Waals surface area contributed by atoms with Crippen LogP contribution in [0.1, 0.15) is 32.0 Å². The lowest BCUT2D eigenvalue weighted by atomic mass is 10.0. The highest BCUT2D eigenvalue weighted by Gasteiger charge is 2.15. The third kappa shape index (κ3) is 4.00. The second-order valence-corrected chi connectivity index (χ2v) is 7.69. The number of hydrogen-bond acceptors (Lipinski definition) is 5. The molecule has 0 aliphatic rings. The standard InChI is InChI=1S/C24H20N2O3S/c1-29-23(28)22-12-5-3-8-19(22)16-30-24-25-13-20(15-27)26(24)14-18-10-6-9-17-7-2-4-11-21(17)18/h2-13,15H,14,16H2,1H3. The molecule has 0 aliphatic heterocycles. The van der Waals surface area contributed by atoms with E-state index in [1.54, 1.807) is 12.3 Å². The predicted molar refractivity (Wildman–Crippen MR) is 118 cm³/mol. The van der Waals surface area contributed by atoms with Crippen LogP contribution in [0, 0.1) is 0 Å². The van der Waals surface area contributed by atoms with Gasteiger partial charge in [-0.15, -0.1) is 0 Å². The number of esters is 1. The van der Waals surface area contributed by atoms with Gasteiger partial charge in [0.15, 0.2) is 11.4 Å². The summed E-state index contributed by atoms with van der Waals surface area (Å²) in [6.07, 6.45) is 2.41. The van der Waals surface area contributed by atoms with Crippen molar-refractivity contribution in [3.05, 3.63) is 95.3 Å². The molecule has 30 heavy (non-hydrogen) atoms. The van der Waals surface area contributed by atoms with Crippen LogP contribution in [-0.2, 0) is 17.0 Å². The molecule has 0 atom stereocenters. The van der Waals surface area contributed by atoms with Crippen LogP contribution in [-0.4, -0.2) is 28.9 Å². The molecule has 0 aliphatic carbocycles. The third-order valence-electron chi connectivity index (χ3n) is 4.96. The Kier molecular flexibility index (Phi) is 5.95. The Labute approximate surface area is 178 Å². The minimum absolute atomic E-state index is 0.362. The highest BCUT2D eigenvalue weighted by molar-refractivity contribution is 7.98. The van der Waals surface area contributed by atoms with Gasteiger partial charge < -0.3 is 9.30 Å². The van der Waals surface area contributed by atoms with Crippen LogP contribution in [0.2, 0.25) is 0 Å². The van der Waals surface area contributed by atoms with Gasteiger partial charge in [0, 0.05) is 5.75 Å². The van der Waals surface area contributed by atoms with Gasteiger partial charge in [-0.25, -0.2) is 9.78 Å². The molecule has 1 aromatic heterocycles. The lowest BCUT2D eigenvalue weighted by Crippen LogP contribution is -2.07. The maximum atomic E-state index is 12.0. The minimum Gasteiger partial charge on any atom is -0.465 e. The normalized spacial score (nSPS) is 10.8. The molecule has 0 amide bonds. The molecule has 0 saturated carbocycles. The summed E-state index contributed by atoms with van der Waals surface area (Å²) in [4.78, 5) is 28.1. The first-order chi connectivity index (χ1) is 14.7. The lowest BCUT2D eigenvalue weighted by Gasteiger charge is -2.12. The van der Waals surface area contributed by atoms with Crippen LogP contribution < -0.4 is 0 Å². The zero-order valence-electron chi connectivity index (χ0n) is 16.4. The molecule has 1 heterocycles. The van der Waals surface area contributed by atoms with Crippen LogP contribution in [0.4, 0.5) is 0 Å². The lowest BCUT2D eigenvalue weighted by molar-refractivity contribution is 0.0599. The maximum Gasteiger partial charge on any atom is 0.338 e. The Bertz CT molecular complexity index is 1210. The Hall–Kier alpha value is -3.38. The maximum absolute atomic E-state index is 12.0. The van der Waals surface area contributed by atoms with E-state index in [-0.39, 0.29) is 5.97 Å². The fourth-order valence-electron chi connectivity index (χ4n) is 3.44. The smallest absolute Gasteiger partial charge is 0.338 e. The number of nitrogens with zero attached hydrogens (tertiary/aromatic N) is 2. The number of imidazole rings is 1. The summed E-state index contributed by atoms with van der Waals surface area (Å²) in [5.41, 5.74) is 3.04. The fraction of sp³-hybridized carbons (Fsp3) is 0.125. The summed E-state index contributed by atoms with van der Waals surface area (Å²) < 4.78 is 6.80. The van der Waals surface area contributed by atoms with E-state index in [0.29, 0.717) is 23.6 Å². The average Bonchev–Trinajstić information content (AvgIpc) is 3.19. The highest BCUT2D eigenvalue weighted by atomic mass is 32.2. The van der Waals surface area contributed by atoms with Gasteiger partial charge in [-0.05, 0) is 28.0 Å². The largest absolute Gasteiger partial charge is 0.465 e. The van der Waals surface area contributed by atoms with Crippen LogP contribution in [0.15, 0.2) is 78.1 Å². The van der Waals surface area contributed by atoms with Crippen molar-refractivity contribution in [1.29, 1.82) is 0 Å². The molecule has 0 radical (unpaired) electrons. The average molecular weight is 417 g/mol. The first kappa shape index (κ1) is 19.9. The molecule has 4 aromatic rings. The van der Waals surface area contributed by atoms with Crippen molar-refractivity contribution in [3.8, 4) is 0 Å². The number of aldehydes is 1. The number of aromatic nitrogens is 2. The molecule has 0 N–H and O–H groups in total. The summed E-state index contributed by atoms with van der Waals surface area (Å²) in [5, 5.41) is 3.03. The fourth-order valence-corrected chi connectivity index (χ4v) is 4.43. The van der Waals surface area contributed by atoms with Crippen molar-refractivity contribution in [3.63, 3.8) is 0 Å². The SMILES string of the molecule is COC(=O)c1ccccc1CSc1ncc(C=O)n1Cc1cccc2ccccc12. The second-order valence-electron chi connectivity index (χ2n) is 6.75. The van der Waals surface area contributed by atoms with Crippen LogP contribution in [0.3, 0.4) is 0 Å². The van der Waals surface area contributed by atoms with Crippen molar-refractivity contribution >= 4 is 34.8 Å². The van der Waals surface area contributed by atoms with E-state index in [2.05, 4.69) is 29.2 Å². The van der Waals surface area contributed by atoms with E-state index in [1.807, 2.05) is 41.0 Å². The molecule has 5 nitrogen and oxygen atoms in total. The molecule has 6 heteroatoms. The van der Waals surface area contributed by atoms with E-state index in [0.717, 1.165) is 33.3 Å². The number of carbonyl (C=O) groups excluding carboxylic acids is 2. The number of ether oxygens (including phenoxy) is 1. The summed E-state index contributed by atoms with van der Waals surface area (Å²) >= 11 is 1.49. The van der Waals surface area contributed by atoms with Gasteiger partial charge in [-0.2, -0.15) is 0 Å². The van der Waals surface area contributed by atoms with E-state index in [1.165, 1.54) is 18.9 Å². The Morgan fingerprint density at radius 2 is 1.77 bits per heavy atom. The van der Waals surface area contributed by atoms with Gasteiger partial charge in [0.05, 0.1) is 25.4 Å². The van der Waals surface area contributed by atoms with Crippen LogP contribution >= 0.6 is 11.8 Å². The molecule has 0 fully saturated rings. The monoisotopic (exact) mass is 416 g/mol. The number of benzene rings is 3. The summed E-state index contributed by atoms with van der Waals surface area (Å²) in [6, 6.07) is 21.7. The van der Waals surface area contributed by atoms with Crippen molar-refractivity contribution in [2.24, 2.45) is 0 Å². The number of rotatable bonds is 7. The quantitative estimate of drug-likeness (QED) is 0.242. The Morgan fingerprint density at radius 1 is 1.03 bits per heavy atom. The molecular weight excluding hydrogens is 396 g/mol. The number of carbonyl (C=O) groups is 2. The minimum atomic E-state index is -0.362. The highest BCUT2D eigenvalue weighted by Crippen LogP contribution is 2.27. The predicted octanol–water partition coefficient (Wildman–Crippen LogP) is 4.98. The van der Waals surface area contributed by atoms with Gasteiger partial charge in [-0.1, -0.05) is 72.4 Å². The van der Waals surface area contributed by atoms with Crippen molar-refractivity contribution in [1.82, 2.24) is 9.55 Å². The van der Waals surface area contributed by atoms with Crippen molar-refractivity contribution in [2.75, 3.05) is 7.11 Å². The Balaban J connectivity index is 1.63. The van der Waals surface area contributed by atoms with Gasteiger partial charge in [0.1, 0.15) is 5.69 Å². The van der Waals surface area contributed by atoms with Crippen molar-refractivity contribution < 1.29 is 14.3 Å². The van der Waals surface area contributed by atoms with Gasteiger partial charge in [-0.3, -0.25) is 4.79 Å². The molecule has 3 aromatic carbocycles. The summed E-state index contributed by atoms with van der Waals surface area (Å²) in [5.74, 6) is 0.176. The summed E-state index contributed by atoms with van der Waals surface area (Å²) in [7, 11) is 1.37. The molecular formula is C24H20N2O3S. The first-order valence-corrected chi connectivity index (χ1v) is 10.5. The third-order valence-corrected chi connectivity index (χ3v) is 6.00. The first-order valence-electron chi connectivity index (χ1n) is 9.47. The molecule has 4 rings (SSSR count). The van der Waals surface area contributed by atoms with Gasteiger partial charge in [0.25, 0.3) is 0 Å². The van der Waals surface area contributed by atoms with Gasteiger partial charge in [0.2, 0.25) is 0 Å². The van der Waals surface area contributed by atoms with E-state index < -0.39 is 0 Å². The Morgan fingerprint density at radius 3 is 2.60 bits per heavy atom. The van der Waals surface area contributed by atoms with E-state index in [9.17, 15) is 9.59 Å². The van der Waals surface area contributed by atoms with Gasteiger partial charge >= 0.3 is 5.97 Å². The van der Waals surface area contributed by atoms with Crippen LogP contribution in [0.25, 0.3) is 10.8 Å². The zero-order chi connectivity index (χ0) is 20.9. The van der Waals surface area contributed by atoms with Crippen LogP contribution in [0.5, 0.6) is 0 Å². The molecule has 0 bridgehead atoms. The number of methoxy groups -OCH3 is 1. The molecule has 0 spiro atoms. The number of hydrogen-bond donors (Lipinski definition) is 0. The number of thioether (sulfide) groups is 1.